The van der Waals surface area contributed by atoms with Gasteiger partial charge in [-0.1, -0.05) is 40.7 Å². The highest BCUT2D eigenvalue weighted by Crippen LogP contribution is 2.46. The zero-order chi connectivity index (χ0) is 20.6. The van der Waals surface area contributed by atoms with E-state index in [1.807, 2.05) is 12.1 Å². The molecule has 2 aromatic carbocycles. The normalized spacial score (nSPS) is 17.7. The Balaban J connectivity index is 1.63. The number of benzene rings is 2. The Kier molecular flexibility index (Phi) is 6.19. The minimum absolute atomic E-state index is 0.215. The summed E-state index contributed by atoms with van der Waals surface area (Å²) < 4.78 is 41.6. The molecule has 2 aliphatic rings. The molecule has 0 atom stereocenters. The summed E-state index contributed by atoms with van der Waals surface area (Å²) in [5.74, 6) is 0. The van der Waals surface area contributed by atoms with Gasteiger partial charge in [-0.05, 0) is 61.2 Å². The Morgan fingerprint density at radius 3 is 2.59 bits per heavy atom. The molecular formula is C22H24BrF3N2S. The average Bonchev–Trinajstić information content (AvgIpc) is 2.67. The molecule has 2 aliphatic heterocycles. The molecule has 2 nitrogen and oxygen atoms in total. The smallest absolute Gasteiger partial charge is 0.382 e. The highest BCUT2D eigenvalue weighted by molar-refractivity contribution is 9.10. The predicted molar refractivity (Wildman–Crippen MR) is 116 cm³/mol. The fourth-order valence-electron chi connectivity index (χ4n) is 4.13. The van der Waals surface area contributed by atoms with Gasteiger partial charge in [-0.3, -0.25) is 0 Å². The fourth-order valence-corrected chi connectivity index (χ4v) is 5.82. The molecule has 0 amide bonds. The number of hydrogen-bond acceptors (Lipinski definition) is 3. The molecular weight excluding hydrogens is 461 g/mol. The molecule has 1 saturated heterocycles. The van der Waals surface area contributed by atoms with Gasteiger partial charge in [0.2, 0.25) is 0 Å². The third-order valence-electron chi connectivity index (χ3n) is 5.64. The minimum Gasteiger partial charge on any atom is -0.382 e. The van der Waals surface area contributed by atoms with E-state index < -0.39 is 11.7 Å². The number of fused-ring (bicyclic) bond motifs is 2. The van der Waals surface area contributed by atoms with E-state index in [1.54, 1.807) is 0 Å². The van der Waals surface area contributed by atoms with Gasteiger partial charge < -0.3 is 10.2 Å². The summed E-state index contributed by atoms with van der Waals surface area (Å²) in [5.41, 5.74) is 2.21. The lowest BCUT2D eigenvalue weighted by atomic mass is 9.98. The van der Waals surface area contributed by atoms with Crippen molar-refractivity contribution in [2.24, 2.45) is 0 Å². The second kappa shape index (κ2) is 8.52. The number of halogens is 4. The van der Waals surface area contributed by atoms with Crippen LogP contribution < -0.4 is 5.32 Å². The van der Waals surface area contributed by atoms with Crippen molar-refractivity contribution in [3.8, 4) is 0 Å². The maximum absolute atomic E-state index is 13.6. The third-order valence-corrected chi connectivity index (χ3v) is 7.32. The van der Waals surface area contributed by atoms with Crippen molar-refractivity contribution in [1.29, 1.82) is 0 Å². The number of hydrogen-bond donors (Lipinski definition) is 1. The van der Waals surface area contributed by atoms with Gasteiger partial charge in [0.05, 0.1) is 5.56 Å². The first-order valence-corrected chi connectivity index (χ1v) is 11.6. The Morgan fingerprint density at radius 2 is 1.90 bits per heavy atom. The topological polar surface area (TPSA) is 15.3 Å². The molecule has 0 spiro atoms. The molecule has 2 aromatic rings. The van der Waals surface area contributed by atoms with Crippen molar-refractivity contribution in [1.82, 2.24) is 4.90 Å². The predicted octanol–water partition coefficient (Wildman–Crippen LogP) is 6.81. The molecule has 2 heterocycles. The molecule has 0 bridgehead atoms. The van der Waals surface area contributed by atoms with Crippen LogP contribution >= 0.6 is 27.7 Å². The molecule has 0 aromatic heterocycles. The third kappa shape index (κ3) is 4.78. The zero-order valence-corrected chi connectivity index (χ0v) is 18.7. The van der Waals surface area contributed by atoms with Crippen LogP contribution in [0, 0.1) is 0 Å². The van der Waals surface area contributed by atoms with Crippen molar-refractivity contribution in [2.45, 2.75) is 54.6 Å². The summed E-state index contributed by atoms with van der Waals surface area (Å²) in [6.45, 7) is 5.26. The van der Waals surface area contributed by atoms with E-state index in [4.69, 9.17) is 0 Å². The molecule has 1 N–H and O–H groups in total. The lowest BCUT2D eigenvalue weighted by Crippen LogP contribution is -2.39. The van der Waals surface area contributed by atoms with E-state index in [-0.39, 0.29) is 6.04 Å². The molecule has 0 aliphatic carbocycles. The van der Waals surface area contributed by atoms with Crippen LogP contribution in [0.15, 0.2) is 44.6 Å². The summed E-state index contributed by atoms with van der Waals surface area (Å²) in [6, 6.07) is 8.86. The average molecular weight is 485 g/mol. The highest BCUT2D eigenvalue weighted by atomic mass is 79.9. The number of piperidine rings is 1. The lowest BCUT2D eigenvalue weighted by Gasteiger charge is -2.34. The number of likely N-dealkylation sites (tertiary alicyclic amines) is 1. The number of alkyl halides is 3. The van der Waals surface area contributed by atoms with Crippen LogP contribution in [0.25, 0.3) is 0 Å². The standard InChI is InChI=1S/C22H24BrF3N2S/c1-2-7-28-8-5-17(6-9-28)27-19-11-15(22(24,25)26)12-21-18(19)10-14-3-4-16(23)13-20(14)29-21/h3-4,11-13,17,27H,2,5-10H2,1H3. The van der Waals surface area contributed by atoms with Gasteiger partial charge in [0, 0.05) is 45.5 Å². The van der Waals surface area contributed by atoms with Crippen molar-refractivity contribution in [2.75, 3.05) is 25.0 Å². The Bertz CT molecular complexity index is 892. The van der Waals surface area contributed by atoms with Crippen LogP contribution in [0.5, 0.6) is 0 Å². The number of nitrogens with zero attached hydrogens (tertiary/aromatic N) is 1. The molecule has 4 rings (SSSR count). The van der Waals surface area contributed by atoms with Crippen molar-refractivity contribution in [3.63, 3.8) is 0 Å². The Hall–Kier alpha value is -1.18. The first kappa shape index (κ1) is 21.1. The van der Waals surface area contributed by atoms with E-state index >= 15 is 0 Å². The SMILES string of the molecule is CCCN1CCC(Nc2cc(C(F)(F)F)cc3c2Cc2ccc(Br)cc2S3)CC1. The molecule has 7 heteroatoms. The first-order chi connectivity index (χ1) is 13.8. The number of anilines is 1. The van der Waals surface area contributed by atoms with Crippen molar-refractivity contribution in [3.05, 3.63) is 51.5 Å². The van der Waals surface area contributed by atoms with Gasteiger partial charge in [-0.15, -0.1) is 0 Å². The second-order valence-corrected chi connectivity index (χ2v) is 9.79. The minimum atomic E-state index is -4.35. The van der Waals surface area contributed by atoms with Crippen LogP contribution in [0.4, 0.5) is 18.9 Å². The van der Waals surface area contributed by atoms with E-state index in [9.17, 15) is 13.2 Å². The van der Waals surface area contributed by atoms with Gasteiger partial charge in [-0.2, -0.15) is 13.2 Å². The first-order valence-electron chi connectivity index (χ1n) is 10.0. The summed E-state index contributed by atoms with van der Waals surface area (Å²) in [5, 5.41) is 3.48. The van der Waals surface area contributed by atoms with E-state index in [2.05, 4.69) is 39.1 Å². The fraction of sp³-hybridized carbons (Fsp3) is 0.455. The van der Waals surface area contributed by atoms with Gasteiger partial charge in [-0.25, -0.2) is 0 Å². The summed E-state index contributed by atoms with van der Waals surface area (Å²) >= 11 is 4.89. The number of nitrogens with one attached hydrogen (secondary N) is 1. The summed E-state index contributed by atoms with van der Waals surface area (Å²) in [4.78, 5) is 4.16. The molecule has 1 fully saturated rings. The highest BCUT2D eigenvalue weighted by Gasteiger charge is 2.34. The van der Waals surface area contributed by atoms with Crippen LogP contribution in [-0.2, 0) is 12.6 Å². The van der Waals surface area contributed by atoms with Crippen LogP contribution in [0.2, 0.25) is 0 Å². The zero-order valence-electron chi connectivity index (χ0n) is 16.3. The molecule has 29 heavy (non-hydrogen) atoms. The lowest BCUT2D eigenvalue weighted by molar-refractivity contribution is -0.137. The van der Waals surface area contributed by atoms with E-state index in [1.165, 1.54) is 23.9 Å². The van der Waals surface area contributed by atoms with Crippen molar-refractivity contribution < 1.29 is 13.2 Å². The Labute approximate surface area is 182 Å². The molecule has 0 radical (unpaired) electrons. The van der Waals surface area contributed by atoms with Gasteiger partial charge in [0.25, 0.3) is 0 Å². The molecule has 0 saturated carbocycles. The summed E-state index contributed by atoms with van der Waals surface area (Å²) in [6.07, 6.45) is -0.649. The largest absolute Gasteiger partial charge is 0.416 e. The van der Waals surface area contributed by atoms with Gasteiger partial charge in [0.15, 0.2) is 0 Å². The quantitative estimate of drug-likeness (QED) is 0.437. The van der Waals surface area contributed by atoms with E-state index in [0.717, 1.165) is 59.4 Å². The van der Waals surface area contributed by atoms with Crippen LogP contribution in [0.1, 0.15) is 42.9 Å². The van der Waals surface area contributed by atoms with Gasteiger partial charge >= 0.3 is 6.18 Å². The maximum Gasteiger partial charge on any atom is 0.416 e. The Morgan fingerprint density at radius 1 is 1.14 bits per heavy atom. The van der Waals surface area contributed by atoms with E-state index in [0.29, 0.717) is 17.0 Å². The second-order valence-electron chi connectivity index (χ2n) is 7.79. The summed E-state index contributed by atoms with van der Waals surface area (Å²) in [7, 11) is 0. The monoisotopic (exact) mass is 484 g/mol. The molecule has 0 unspecified atom stereocenters. The maximum atomic E-state index is 13.6. The molecule has 156 valence electrons. The van der Waals surface area contributed by atoms with Crippen LogP contribution in [-0.4, -0.2) is 30.6 Å². The van der Waals surface area contributed by atoms with Crippen molar-refractivity contribution >= 4 is 33.4 Å². The number of rotatable bonds is 4. The van der Waals surface area contributed by atoms with Gasteiger partial charge in [0.1, 0.15) is 0 Å². The van der Waals surface area contributed by atoms with Crippen LogP contribution in [0.3, 0.4) is 0 Å².